The van der Waals surface area contributed by atoms with Crippen molar-refractivity contribution in [3.05, 3.63) is 27.1 Å². The molecule has 0 radical (unpaired) electrons. The van der Waals surface area contributed by atoms with Crippen molar-refractivity contribution in [3.63, 3.8) is 0 Å². The van der Waals surface area contributed by atoms with Crippen LogP contribution in [0.3, 0.4) is 0 Å². The van der Waals surface area contributed by atoms with Gasteiger partial charge in [-0.2, -0.15) is 0 Å². The largest absolute Gasteiger partial charge is 0.369 e. The molecule has 1 aromatic carbocycles. The maximum absolute atomic E-state index is 3.67. The minimum absolute atomic E-state index is 0.572. The number of hydrogen-bond acceptors (Lipinski definition) is 2. The Balaban J connectivity index is 2.20. The van der Waals surface area contributed by atoms with Crippen LogP contribution in [0.1, 0.15) is 20.3 Å². The third-order valence-corrected chi connectivity index (χ3v) is 4.61. The summed E-state index contributed by atoms with van der Waals surface area (Å²) >= 11 is 7.18. The van der Waals surface area contributed by atoms with Crippen molar-refractivity contribution >= 4 is 37.5 Å². The quantitative estimate of drug-likeness (QED) is 0.839. The average molecular weight is 376 g/mol. The van der Waals surface area contributed by atoms with Gasteiger partial charge in [0, 0.05) is 28.1 Å². The van der Waals surface area contributed by atoms with Gasteiger partial charge in [0.1, 0.15) is 0 Å². The highest BCUT2D eigenvalue weighted by molar-refractivity contribution is 9.11. The van der Waals surface area contributed by atoms with Crippen molar-refractivity contribution in [2.24, 2.45) is 5.92 Å². The summed E-state index contributed by atoms with van der Waals surface area (Å²) in [4.78, 5) is 2.49. The van der Waals surface area contributed by atoms with E-state index in [0.717, 1.165) is 24.1 Å². The molecule has 0 amide bonds. The third-order valence-electron chi connectivity index (χ3n) is 3.48. The molecule has 0 saturated carbocycles. The lowest BCUT2D eigenvalue weighted by molar-refractivity contribution is 0.420. The van der Waals surface area contributed by atoms with Gasteiger partial charge in [0.15, 0.2) is 0 Å². The summed E-state index contributed by atoms with van der Waals surface area (Å²) in [6.07, 6.45) is 1.20. The second kappa shape index (κ2) is 6.40. The number of nitrogens with one attached hydrogen (secondary N) is 1. The highest BCUT2D eigenvalue weighted by Gasteiger charge is 2.21. The Morgan fingerprint density at radius 2 is 2.11 bits per heavy atom. The molecule has 1 saturated heterocycles. The number of rotatable bonds is 2. The molecule has 18 heavy (non-hydrogen) atoms. The molecule has 1 N–H and O–H groups in total. The minimum atomic E-state index is 0.572. The van der Waals surface area contributed by atoms with Gasteiger partial charge in [-0.15, -0.1) is 0 Å². The van der Waals surface area contributed by atoms with Crippen LogP contribution < -0.4 is 10.2 Å². The molecule has 1 unspecified atom stereocenters. The maximum Gasteiger partial charge on any atom is 0.0511 e. The number of nitrogens with zero attached hydrogens (tertiary/aromatic N) is 1. The lowest BCUT2D eigenvalue weighted by Gasteiger charge is -2.29. The summed E-state index contributed by atoms with van der Waals surface area (Å²) in [5, 5.41) is 3.65. The van der Waals surface area contributed by atoms with E-state index in [4.69, 9.17) is 0 Å². The van der Waals surface area contributed by atoms with Crippen LogP contribution in [0.5, 0.6) is 0 Å². The first kappa shape index (κ1) is 14.4. The van der Waals surface area contributed by atoms with Crippen LogP contribution in [0, 0.1) is 5.92 Å². The number of hydrogen-bond donors (Lipinski definition) is 1. The second-order valence-corrected chi connectivity index (χ2v) is 6.97. The summed E-state index contributed by atoms with van der Waals surface area (Å²) in [5.74, 6) is 0.667. The Bertz CT molecular complexity index is 407. The van der Waals surface area contributed by atoms with E-state index in [1.54, 1.807) is 0 Å². The molecule has 1 aromatic rings. The summed E-state index contributed by atoms with van der Waals surface area (Å²) in [7, 11) is 0. The second-order valence-electron chi connectivity index (χ2n) is 5.20. The number of benzene rings is 1. The Hall–Kier alpha value is -0.0600. The molecule has 4 heteroatoms. The predicted molar refractivity (Wildman–Crippen MR) is 85.3 cm³/mol. The topological polar surface area (TPSA) is 15.3 Å². The summed E-state index contributed by atoms with van der Waals surface area (Å²) in [5.41, 5.74) is 1.30. The van der Waals surface area contributed by atoms with E-state index in [9.17, 15) is 0 Å². The molecule has 100 valence electrons. The van der Waals surface area contributed by atoms with Crippen molar-refractivity contribution in [2.45, 2.75) is 26.3 Å². The standard InChI is InChI=1S/C14H20Br2N2/c1-10(2)13-9-18(7-3-6-17-13)14-5-4-11(15)8-12(14)16/h4-5,8,10,13,17H,3,6-7,9H2,1-2H3. The van der Waals surface area contributed by atoms with E-state index in [1.165, 1.54) is 16.6 Å². The molecule has 1 aliphatic heterocycles. The Morgan fingerprint density at radius 3 is 2.78 bits per heavy atom. The van der Waals surface area contributed by atoms with Crippen molar-refractivity contribution in [2.75, 3.05) is 24.5 Å². The third kappa shape index (κ3) is 3.49. The van der Waals surface area contributed by atoms with E-state index < -0.39 is 0 Å². The van der Waals surface area contributed by atoms with E-state index in [0.29, 0.717) is 12.0 Å². The van der Waals surface area contributed by atoms with Crippen molar-refractivity contribution in [1.29, 1.82) is 0 Å². The predicted octanol–water partition coefficient (Wildman–Crippen LogP) is 4.04. The van der Waals surface area contributed by atoms with E-state index in [-0.39, 0.29) is 0 Å². The SMILES string of the molecule is CC(C)C1CN(c2ccc(Br)cc2Br)CCCN1. The van der Waals surface area contributed by atoms with Gasteiger partial charge < -0.3 is 10.2 Å². The fraction of sp³-hybridized carbons (Fsp3) is 0.571. The van der Waals surface area contributed by atoms with Crippen LogP contribution >= 0.6 is 31.9 Å². The van der Waals surface area contributed by atoms with Crippen molar-refractivity contribution < 1.29 is 0 Å². The molecule has 1 heterocycles. The van der Waals surface area contributed by atoms with Gasteiger partial charge in [0.25, 0.3) is 0 Å². The molecule has 2 nitrogen and oxygen atoms in total. The zero-order valence-electron chi connectivity index (χ0n) is 10.9. The zero-order chi connectivity index (χ0) is 13.1. The van der Waals surface area contributed by atoms with Crippen LogP contribution in [0.4, 0.5) is 5.69 Å². The molecular formula is C14H20Br2N2. The monoisotopic (exact) mass is 374 g/mol. The minimum Gasteiger partial charge on any atom is -0.369 e. The molecule has 2 rings (SSSR count). The lowest BCUT2D eigenvalue weighted by atomic mass is 10.0. The van der Waals surface area contributed by atoms with Crippen LogP contribution in [0.2, 0.25) is 0 Å². The van der Waals surface area contributed by atoms with E-state index in [2.05, 4.69) is 74.1 Å². The Labute approximate surface area is 126 Å². The number of anilines is 1. The van der Waals surface area contributed by atoms with Gasteiger partial charge in [0.2, 0.25) is 0 Å². The smallest absolute Gasteiger partial charge is 0.0511 e. The fourth-order valence-corrected chi connectivity index (χ4v) is 3.65. The van der Waals surface area contributed by atoms with Gasteiger partial charge in [-0.25, -0.2) is 0 Å². The molecule has 1 atom stereocenters. The summed E-state index contributed by atoms with van der Waals surface area (Å²) in [6.45, 7) is 7.90. The van der Waals surface area contributed by atoms with Crippen LogP contribution in [0.25, 0.3) is 0 Å². The van der Waals surface area contributed by atoms with Crippen LogP contribution in [-0.4, -0.2) is 25.7 Å². The molecular weight excluding hydrogens is 356 g/mol. The molecule has 0 aromatic heterocycles. The molecule has 0 aliphatic carbocycles. The highest BCUT2D eigenvalue weighted by Crippen LogP contribution is 2.30. The van der Waals surface area contributed by atoms with Gasteiger partial charge in [0.05, 0.1) is 5.69 Å². The lowest BCUT2D eigenvalue weighted by Crippen LogP contribution is -2.41. The Morgan fingerprint density at radius 1 is 1.33 bits per heavy atom. The first-order valence-electron chi connectivity index (χ1n) is 6.51. The number of halogens is 2. The maximum atomic E-state index is 3.67. The van der Waals surface area contributed by atoms with Gasteiger partial charge in [-0.3, -0.25) is 0 Å². The first-order chi connectivity index (χ1) is 8.58. The fourth-order valence-electron chi connectivity index (χ4n) is 2.35. The molecule has 1 fully saturated rings. The van der Waals surface area contributed by atoms with Gasteiger partial charge >= 0.3 is 0 Å². The summed E-state index contributed by atoms with van der Waals surface area (Å²) in [6, 6.07) is 7.00. The molecule has 0 bridgehead atoms. The van der Waals surface area contributed by atoms with E-state index in [1.807, 2.05) is 0 Å². The van der Waals surface area contributed by atoms with Crippen LogP contribution in [0.15, 0.2) is 27.1 Å². The Kier molecular flexibility index (Phi) is 5.10. The zero-order valence-corrected chi connectivity index (χ0v) is 14.1. The first-order valence-corrected chi connectivity index (χ1v) is 8.10. The van der Waals surface area contributed by atoms with Crippen molar-refractivity contribution in [3.8, 4) is 0 Å². The normalized spacial score (nSPS) is 21.2. The van der Waals surface area contributed by atoms with E-state index >= 15 is 0 Å². The van der Waals surface area contributed by atoms with Gasteiger partial charge in [-0.1, -0.05) is 29.8 Å². The summed E-state index contributed by atoms with van der Waals surface area (Å²) < 4.78 is 2.28. The van der Waals surface area contributed by atoms with Crippen LogP contribution in [-0.2, 0) is 0 Å². The van der Waals surface area contributed by atoms with Gasteiger partial charge in [-0.05, 0) is 53.0 Å². The molecule has 0 spiro atoms. The highest BCUT2D eigenvalue weighted by atomic mass is 79.9. The molecule has 1 aliphatic rings. The van der Waals surface area contributed by atoms with Crippen molar-refractivity contribution in [1.82, 2.24) is 5.32 Å². The average Bonchev–Trinajstić information content (AvgIpc) is 2.54.